The lowest BCUT2D eigenvalue weighted by atomic mass is 9.78. The first kappa shape index (κ1) is 20.9. The molecule has 0 aliphatic carbocycles. The van der Waals surface area contributed by atoms with Gasteiger partial charge in [0, 0.05) is 29.6 Å². The summed E-state index contributed by atoms with van der Waals surface area (Å²) in [6, 6.07) is 4.47. The first-order chi connectivity index (χ1) is 16.0. The molecule has 3 N–H and O–H groups in total. The Morgan fingerprint density at radius 3 is 2.76 bits per heavy atom. The van der Waals surface area contributed by atoms with Gasteiger partial charge >= 0.3 is 0 Å². The number of hydrogen-bond donors (Lipinski definition) is 2. The summed E-state index contributed by atoms with van der Waals surface area (Å²) in [5, 5.41) is 4.41. The maximum Gasteiger partial charge on any atom is 0.181 e. The van der Waals surface area contributed by atoms with E-state index in [1.807, 2.05) is 0 Å². The molecule has 0 radical (unpaired) electrons. The monoisotopic (exact) mass is 486 g/mol. The Morgan fingerprint density at radius 2 is 1.94 bits per heavy atom. The topological polar surface area (TPSA) is 80.0 Å². The predicted molar refractivity (Wildman–Crippen MR) is 129 cm³/mol. The summed E-state index contributed by atoms with van der Waals surface area (Å²) in [5.41, 5.74) is 7.08. The Morgan fingerprint density at radius 1 is 1.12 bits per heavy atom. The molecule has 0 saturated carbocycles. The molecule has 0 unspecified atom stereocenters. The van der Waals surface area contributed by atoms with Crippen LogP contribution in [0.1, 0.15) is 19.3 Å². The molecule has 0 bridgehead atoms. The van der Waals surface area contributed by atoms with E-state index in [9.17, 15) is 4.39 Å². The molecule has 4 heterocycles. The molecule has 6 nitrogen and oxygen atoms in total. The minimum absolute atomic E-state index is 0.139. The average Bonchev–Trinajstić information content (AvgIpc) is 3.39. The summed E-state index contributed by atoms with van der Waals surface area (Å²) in [5.74, 6) is -0.327. The van der Waals surface area contributed by atoms with Crippen LogP contribution in [0.15, 0.2) is 24.5 Å². The van der Waals surface area contributed by atoms with Crippen molar-refractivity contribution in [1.29, 1.82) is 0 Å². The summed E-state index contributed by atoms with van der Waals surface area (Å²) < 4.78 is 30.5. The number of thiazole rings is 1. The second-order valence-corrected chi connectivity index (χ2v) is 10.3. The molecular weight excluding hydrogens is 466 g/mol. The highest BCUT2D eigenvalue weighted by Gasteiger charge is 2.40. The van der Waals surface area contributed by atoms with Gasteiger partial charge in [-0.15, -0.1) is 0 Å². The summed E-state index contributed by atoms with van der Waals surface area (Å²) in [4.78, 5) is 15.2. The summed E-state index contributed by atoms with van der Waals surface area (Å²) in [7, 11) is 0. The molecule has 0 amide bonds. The van der Waals surface area contributed by atoms with E-state index in [4.69, 9.17) is 17.3 Å². The predicted octanol–water partition coefficient (Wildman–Crippen LogP) is 5.00. The summed E-state index contributed by atoms with van der Waals surface area (Å²) >= 11 is 7.66. The van der Waals surface area contributed by atoms with Crippen LogP contribution in [0.25, 0.3) is 32.2 Å². The lowest BCUT2D eigenvalue weighted by molar-refractivity contribution is 0.232. The number of nitrogens with one attached hydrogen (secondary N) is 1. The fraction of sp³-hybridized carbons (Fsp3) is 0.348. The van der Waals surface area contributed by atoms with Crippen LogP contribution in [-0.2, 0) is 0 Å². The average molecular weight is 487 g/mol. The Kier molecular flexibility index (Phi) is 4.90. The number of nitrogens with two attached hydrogens (primary N) is 1. The number of aromatic nitrogens is 3. The molecule has 2 saturated heterocycles. The van der Waals surface area contributed by atoms with E-state index in [-0.39, 0.29) is 31.3 Å². The molecule has 10 heteroatoms. The van der Waals surface area contributed by atoms with Crippen LogP contribution in [0.2, 0.25) is 5.02 Å². The van der Waals surface area contributed by atoms with Gasteiger partial charge in [0.05, 0.1) is 15.2 Å². The second kappa shape index (κ2) is 7.72. The van der Waals surface area contributed by atoms with Gasteiger partial charge in [-0.1, -0.05) is 22.9 Å². The molecule has 33 heavy (non-hydrogen) atoms. The van der Waals surface area contributed by atoms with E-state index < -0.39 is 11.6 Å². The van der Waals surface area contributed by atoms with Gasteiger partial charge in [-0.2, -0.15) is 0 Å². The van der Waals surface area contributed by atoms with Crippen LogP contribution in [0, 0.1) is 17.0 Å². The Balaban J connectivity index is 1.48. The normalized spacial score (nSPS) is 18.1. The van der Waals surface area contributed by atoms with E-state index in [2.05, 4.69) is 25.2 Å². The first-order valence-corrected chi connectivity index (χ1v) is 12.1. The Labute approximate surface area is 197 Å². The number of rotatable bonds is 2. The Hall–Kier alpha value is -2.62. The molecule has 170 valence electrons. The fourth-order valence-corrected chi connectivity index (χ4v) is 6.35. The zero-order valence-corrected chi connectivity index (χ0v) is 19.2. The number of nitrogen functional groups attached to an aromatic ring is 1. The standard InChI is InChI=1S/C23H21ClF2N6S/c24-14-9-13-18(17(26)16(14)12-1-2-15(25)20-19(12)31-22(27)33-20)29-11-30-21(13)32-8-5-23(10-32)3-6-28-7-4-23/h1-2,9,11,28H,3-8,10H2,(H2,27,31). The van der Waals surface area contributed by atoms with Gasteiger partial charge < -0.3 is 16.0 Å². The number of hydrogen-bond acceptors (Lipinski definition) is 7. The highest BCUT2D eigenvalue weighted by molar-refractivity contribution is 7.22. The van der Waals surface area contributed by atoms with Crippen LogP contribution in [0.5, 0.6) is 0 Å². The lowest BCUT2D eigenvalue weighted by Crippen LogP contribution is -2.38. The number of halogens is 3. The third-order valence-corrected chi connectivity index (χ3v) is 8.17. The van der Waals surface area contributed by atoms with E-state index in [1.165, 1.54) is 18.5 Å². The maximum atomic E-state index is 15.9. The molecule has 6 rings (SSSR count). The number of piperidine rings is 1. The molecular formula is C23H21ClF2N6S. The van der Waals surface area contributed by atoms with Crippen molar-refractivity contribution in [3.05, 3.63) is 41.2 Å². The van der Waals surface area contributed by atoms with Crippen molar-refractivity contribution < 1.29 is 8.78 Å². The quantitative estimate of drug-likeness (QED) is 0.415. The highest BCUT2D eigenvalue weighted by atomic mass is 35.5. The molecule has 2 aliphatic rings. The van der Waals surface area contributed by atoms with Gasteiger partial charge in [0.2, 0.25) is 0 Å². The van der Waals surface area contributed by atoms with Crippen LogP contribution in [-0.4, -0.2) is 41.1 Å². The van der Waals surface area contributed by atoms with Crippen LogP contribution in [0.4, 0.5) is 19.7 Å². The Bertz CT molecular complexity index is 1400. The van der Waals surface area contributed by atoms with Crippen LogP contribution in [0.3, 0.4) is 0 Å². The molecule has 0 atom stereocenters. The van der Waals surface area contributed by atoms with Crippen molar-refractivity contribution in [3.8, 4) is 11.1 Å². The molecule has 2 aliphatic heterocycles. The van der Waals surface area contributed by atoms with Crippen molar-refractivity contribution in [1.82, 2.24) is 20.3 Å². The lowest BCUT2D eigenvalue weighted by Gasteiger charge is -2.34. The largest absolute Gasteiger partial charge is 0.375 e. The highest BCUT2D eigenvalue weighted by Crippen LogP contribution is 2.44. The zero-order chi connectivity index (χ0) is 22.7. The first-order valence-electron chi connectivity index (χ1n) is 10.9. The van der Waals surface area contributed by atoms with Crippen LogP contribution >= 0.6 is 22.9 Å². The van der Waals surface area contributed by atoms with Crippen molar-refractivity contribution >= 4 is 55.0 Å². The number of benzene rings is 2. The number of nitrogens with zero attached hydrogens (tertiary/aromatic N) is 4. The molecule has 1 spiro atoms. The molecule has 2 fully saturated rings. The SMILES string of the molecule is Nc1nc2c(-c3c(Cl)cc4c(N5CCC6(CCNCC6)C5)ncnc4c3F)ccc(F)c2s1. The zero-order valence-electron chi connectivity index (χ0n) is 17.7. The van der Waals surface area contributed by atoms with Crippen molar-refractivity contribution in [3.63, 3.8) is 0 Å². The third kappa shape index (κ3) is 3.33. The smallest absolute Gasteiger partial charge is 0.181 e. The van der Waals surface area contributed by atoms with Gasteiger partial charge in [-0.05, 0) is 56.0 Å². The molecule has 4 aromatic rings. The summed E-state index contributed by atoms with van der Waals surface area (Å²) in [6.45, 7) is 3.80. The van der Waals surface area contributed by atoms with Gasteiger partial charge in [0.15, 0.2) is 10.9 Å². The van der Waals surface area contributed by atoms with Gasteiger partial charge in [0.1, 0.15) is 23.5 Å². The van der Waals surface area contributed by atoms with E-state index >= 15 is 4.39 Å². The maximum absolute atomic E-state index is 15.9. The molecule has 2 aromatic carbocycles. The number of anilines is 2. The summed E-state index contributed by atoms with van der Waals surface area (Å²) in [6.07, 6.45) is 4.74. The van der Waals surface area contributed by atoms with Gasteiger partial charge in [0.25, 0.3) is 0 Å². The van der Waals surface area contributed by atoms with Crippen LogP contribution < -0.4 is 16.0 Å². The fourth-order valence-electron chi connectivity index (χ4n) is 5.29. The number of fused-ring (bicyclic) bond motifs is 2. The van der Waals surface area contributed by atoms with E-state index in [0.29, 0.717) is 22.3 Å². The molecule has 2 aromatic heterocycles. The van der Waals surface area contributed by atoms with Crippen molar-refractivity contribution in [2.24, 2.45) is 5.41 Å². The van der Waals surface area contributed by atoms with E-state index in [1.54, 1.807) is 6.07 Å². The minimum atomic E-state index is -0.573. The second-order valence-electron chi connectivity index (χ2n) is 8.89. The van der Waals surface area contributed by atoms with Crippen molar-refractivity contribution in [2.75, 3.05) is 36.8 Å². The minimum Gasteiger partial charge on any atom is -0.375 e. The van der Waals surface area contributed by atoms with E-state index in [0.717, 1.165) is 56.8 Å². The van der Waals surface area contributed by atoms with Crippen molar-refractivity contribution in [2.45, 2.75) is 19.3 Å². The van der Waals surface area contributed by atoms with Gasteiger partial charge in [-0.25, -0.2) is 23.7 Å². The van der Waals surface area contributed by atoms with Gasteiger partial charge in [-0.3, -0.25) is 0 Å². The third-order valence-electron chi connectivity index (χ3n) is 6.98.